The molecule has 1 aliphatic rings. The van der Waals surface area contributed by atoms with Gasteiger partial charge in [0.05, 0.1) is 15.8 Å². The number of nitrogens with zero attached hydrogens (tertiary/aromatic N) is 2. The lowest BCUT2D eigenvalue weighted by molar-refractivity contribution is -0.138. The van der Waals surface area contributed by atoms with Crippen molar-refractivity contribution in [2.24, 2.45) is 4.99 Å². The first-order valence-corrected chi connectivity index (χ1v) is 11.7. The van der Waals surface area contributed by atoms with Gasteiger partial charge in [0.25, 0.3) is 5.56 Å². The first kappa shape index (κ1) is 22.6. The van der Waals surface area contributed by atoms with Gasteiger partial charge >= 0.3 is 11.9 Å². The third-order valence-electron chi connectivity index (χ3n) is 4.85. The highest BCUT2D eigenvalue weighted by molar-refractivity contribution is 7.10. The summed E-state index contributed by atoms with van der Waals surface area (Å²) in [5.41, 5.74) is 1.11. The van der Waals surface area contributed by atoms with Crippen LogP contribution in [0.4, 0.5) is 0 Å². The zero-order valence-corrected chi connectivity index (χ0v) is 19.6. The molecule has 0 saturated carbocycles. The van der Waals surface area contributed by atoms with E-state index in [-0.39, 0.29) is 12.2 Å². The normalized spacial score (nSPS) is 15.6. The number of ether oxygens (including phenoxy) is 2. The fourth-order valence-electron chi connectivity index (χ4n) is 3.50. The number of thiophene rings is 1. The predicted octanol–water partition coefficient (Wildman–Crippen LogP) is 2.95. The Labute approximate surface area is 197 Å². The second kappa shape index (κ2) is 9.51. The summed E-state index contributed by atoms with van der Waals surface area (Å²) in [5.74, 6) is -0.632. The van der Waals surface area contributed by atoms with Crippen LogP contribution < -0.4 is 19.6 Å². The summed E-state index contributed by atoms with van der Waals surface area (Å²) in [6, 6.07) is 10.1. The average Bonchev–Trinajstić information content (AvgIpc) is 3.41. The standard InChI is InChI=1S/C24H20N2O5S2/c1-4-11-30-23(29)20-14(2)25-24-26(21(20)18-10-7-12-32-18)22(28)19(33-24)13-16-8-5-6-9-17(16)31-15(3)27/h4-10,12-13,21H,1,11H2,2-3H3/b19-13-. The molecule has 7 nitrogen and oxygen atoms in total. The Morgan fingerprint density at radius 2 is 2.03 bits per heavy atom. The molecule has 0 N–H and O–H groups in total. The molecule has 9 heteroatoms. The van der Waals surface area contributed by atoms with Crippen molar-refractivity contribution < 1.29 is 19.1 Å². The molecule has 0 amide bonds. The Morgan fingerprint density at radius 3 is 2.73 bits per heavy atom. The van der Waals surface area contributed by atoms with Crippen LogP contribution in [-0.4, -0.2) is 23.1 Å². The fourth-order valence-corrected chi connectivity index (χ4v) is 5.36. The molecule has 0 saturated heterocycles. The van der Waals surface area contributed by atoms with Crippen LogP contribution in [-0.2, 0) is 14.3 Å². The highest BCUT2D eigenvalue weighted by Gasteiger charge is 2.33. The zero-order valence-electron chi connectivity index (χ0n) is 17.9. The van der Waals surface area contributed by atoms with Gasteiger partial charge in [-0.05, 0) is 30.5 Å². The van der Waals surface area contributed by atoms with E-state index in [2.05, 4.69) is 11.6 Å². The Hall–Kier alpha value is -3.56. The van der Waals surface area contributed by atoms with E-state index in [9.17, 15) is 14.4 Å². The van der Waals surface area contributed by atoms with Gasteiger partial charge in [-0.2, -0.15) is 0 Å². The van der Waals surface area contributed by atoms with Crippen LogP contribution in [0.5, 0.6) is 5.75 Å². The van der Waals surface area contributed by atoms with Crippen LogP contribution in [0.25, 0.3) is 6.08 Å². The van der Waals surface area contributed by atoms with Crippen LogP contribution in [0.1, 0.15) is 30.3 Å². The van der Waals surface area contributed by atoms with Crippen LogP contribution in [0.15, 0.2) is 75.5 Å². The van der Waals surface area contributed by atoms with E-state index in [0.29, 0.717) is 31.9 Å². The average molecular weight is 481 g/mol. The van der Waals surface area contributed by atoms with E-state index < -0.39 is 18.0 Å². The van der Waals surface area contributed by atoms with Crippen molar-refractivity contribution in [2.45, 2.75) is 19.9 Å². The van der Waals surface area contributed by atoms with Crippen LogP contribution in [0.3, 0.4) is 0 Å². The highest BCUT2D eigenvalue weighted by Crippen LogP contribution is 2.33. The van der Waals surface area contributed by atoms with Crippen molar-refractivity contribution in [3.8, 4) is 5.75 Å². The molecular formula is C24H20N2O5S2. The molecule has 1 atom stereocenters. The van der Waals surface area contributed by atoms with Gasteiger partial charge in [0.2, 0.25) is 0 Å². The molecule has 4 rings (SSSR count). The highest BCUT2D eigenvalue weighted by atomic mass is 32.1. The van der Waals surface area contributed by atoms with Gasteiger partial charge in [0, 0.05) is 17.4 Å². The minimum absolute atomic E-state index is 0.0597. The lowest BCUT2D eigenvalue weighted by Gasteiger charge is -2.23. The van der Waals surface area contributed by atoms with Gasteiger partial charge in [-0.3, -0.25) is 14.2 Å². The summed E-state index contributed by atoms with van der Waals surface area (Å²) in [6.07, 6.45) is 3.16. The van der Waals surface area contributed by atoms with Crippen molar-refractivity contribution in [1.82, 2.24) is 4.57 Å². The molecule has 0 fully saturated rings. The first-order chi connectivity index (χ1) is 15.9. The fraction of sp³-hybridized carbons (Fsp3) is 0.167. The van der Waals surface area contributed by atoms with Gasteiger partial charge in [-0.25, -0.2) is 9.79 Å². The topological polar surface area (TPSA) is 87.0 Å². The van der Waals surface area contributed by atoms with Crippen molar-refractivity contribution in [3.63, 3.8) is 0 Å². The maximum Gasteiger partial charge on any atom is 0.338 e. The number of thiazole rings is 1. The van der Waals surface area contributed by atoms with Gasteiger partial charge in [0.15, 0.2) is 4.80 Å². The van der Waals surface area contributed by atoms with E-state index >= 15 is 0 Å². The molecule has 1 aromatic carbocycles. The molecule has 3 aromatic rings. The van der Waals surface area contributed by atoms with Crippen molar-refractivity contribution in [2.75, 3.05) is 6.61 Å². The third kappa shape index (κ3) is 4.50. The number of aromatic nitrogens is 1. The molecule has 0 bridgehead atoms. The summed E-state index contributed by atoms with van der Waals surface area (Å²) in [6.45, 7) is 6.70. The molecule has 0 radical (unpaired) electrons. The number of para-hydroxylation sites is 1. The summed E-state index contributed by atoms with van der Waals surface area (Å²) < 4.78 is 12.5. The SMILES string of the molecule is C=CCOC(=O)C1=C(C)N=c2s/c(=C\c3ccccc3OC(C)=O)c(=O)n2C1c1cccs1. The number of hydrogen-bond acceptors (Lipinski definition) is 8. The van der Waals surface area contributed by atoms with Crippen molar-refractivity contribution in [1.29, 1.82) is 0 Å². The number of rotatable bonds is 6. The van der Waals surface area contributed by atoms with Crippen LogP contribution in [0.2, 0.25) is 0 Å². The van der Waals surface area contributed by atoms with Gasteiger partial charge in [-0.1, -0.05) is 48.3 Å². The molecule has 1 unspecified atom stereocenters. The van der Waals surface area contributed by atoms with Crippen molar-refractivity contribution in [3.05, 3.63) is 95.8 Å². The molecular weight excluding hydrogens is 460 g/mol. The summed E-state index contributed by atoms with van der Waals surface area (Å²) >= 11 is 2.66. The Morgan fingerprint density at radius 1 is 1.24 bits per heavy atom. The summed E-state index contributed by atoms with van der Waals surface area (Å²) in [4.78, 5) is 43.7. The van der Waals surface area contributed by atoms with E-state index in [0.717, 1.165) is 4.88 Å². The molecule has 3 heterocycles. The quantitative estimate of drug-likeness (QED) is 0.308. The zero-order chi connectivity index (χ0) is 23.5. The number of carbonyl (C=O) groups is 2. The molecule has 2 aromatic heterocycles. The van der Waals surface area contributed by atoms with Crippen molar-refractivity contribution >= 4 is 40.7 Å². The van der Waals surface area contributed by atoms with Crippen LogP contribution >= 0.6 is 22.7 Å². The number of benzene rings is 1. The van der Waals surface area contributed by atoms with E-state index in [1.807, 2.05) is 17.5 Å². The monoisotopic (exact) mass is 480 g/mol. The van der Waals surface area contributed by atoms with Gasteiger partial charge in [-0.15, -0.1) is 11.3 Å². The summed E-state index contributed by atoms with van der Waals surface area (Å²) in [5, 5.41) is 1.89. The molecule has 168 valence electrons. The van der Waals surface area contributed by atoms with E-state index in [4.69, 9.17) is 9.47 Å². The second-order valence-electron chi connectivity index (χ2n) is 7.12. The van der Waals surface area contributed by atoms with Gasteiger partial charge < -0.3 is 9.47 Å². The number of fused-ring (bicyclic) bond motifs is 1. The van der Waals surface area contributed by atoms with E-state index in [1.54, 1.807) is 37.3 Å². The predicted molar refractivity (Wildman–Crippen MR) is 127 cm³/mol. The minimum Gasteiger partial charge on any atom is -0.458 e. The Kier molecular flexibility index (Phi) is 6.52. The number of carbonyl (C=O) groups excluding carboxylic acids is 2. The van der Waals surface area contributed by atoms with Crippen LogP contribution in [0, 0.1) is 0 Å². The molecule has 0 aliphatic carbocycles. The Balaban J connectivity index is 1.90. The molecule has 33 heavy (non-hydrogen) atoms. The van der Waals surface area contributed by atoms with E-state index in [1.165, 1.54) is 40.2 Å². The second-order valence-corrected chi connectivity index (χ2v) is 9.10. The lowest BCUT2D eigenvalue weighted by Crippen LogP contribution is -2.39. The minimum atomic E-state index is -0.649. The number of hydrogen-bond donors (Lipinski definition) is 0. The lowest BCUT2D eigenvalue weighted by atomic mass is 10.0. The first-order valence-electron chi connectivity index (χ1n) is 10.0. The maximum atomic E-state index is 13.5. The Bertz CT molecular complexity index is 1440. The molecule has 1 aliphatic heterocycles. The maximum absolute atomic E-state index is 13.5. The van der Waals surface area contributed by atoms with Gasteiger partial charge in [0.1, 0.15) is 18.4 Å². The number of esters is 2. The largest absolute Gasteiger partial charge is 0.458 e. The molecule has 0 spiro atoms. The number of allylic oxidation sites excluding steroid dienone is 1. The smallest absolute Gasteiger partial charge is 0.338 e. The third-order valence-corrected chi connectivity index (χ3v) is 6.75. The summed E-state index contributed by atoms with van der Waals surface area (Å²) in [7, 11) is 0.